The second kappa shape index (κ2) is 12.1. The lowest BCUT2D eigenvalue weighted by Gasteiger charge is -2.19. The molecule has 2 aromatic rings. The molecule has 0 saturated carbocycles. The quantitative estimate of drug-likeness (QED) is 0.516. The molecule has 0 bridgehead atoms. The van der Waals surface area contributed by atoms with Crippen molar-refractivity contribution < 1.29 is 19.1 Å². The molecule has 0 aliphatic carbocycles. The molecular formula is C24H30ClN3O4. The van der Waals surface area contributed by atoms with E-state index in [9.17, 15) is 14.4 Å². The first-order chi connectivity index (χ1) is 15.1. The van der Waals surface area contributed by atoms with Gasteiger partial charge in [0.25, 0.3) is 0 Å². The second-order valence-corrected chi connectivity index (χ2v) is 8.72. The highest BCUT2D eigenvalue weighted by Crippen LogP contribution is 2.16. The number of benzene rings is 2. The maximum Gasteiger partial charge on any atom is 0.407 e. The Labute approximate surface area is 193 Å². The van der Waals surface area contributed by atoms with Gasteiger partial charge in [-0.05, 0) is 56.5 Å². The molecule has 7 nitrogen and oxygen atoms in total. The Morgan fingerprint density at radius 2 is 1.59 bits per heavy atom. The highest BCUT2D eigenvalue weighted by molar-refractivity contribution is 6.30. The minimum atomic E-state index is -0.588. The zero-order valence-electron chi connectivity index (χ0n) is 18.7. The molecule has 0 aliphatic rings. The van der Waals surface area contributed by atoms with E-state index in [2.05, 4.69) is 16.0 Å². The van der Waals surface area contributed by atoms with Crippen LogP contribution in [-0.2, 0) is 27.3 Å². The smallest absolute Gasteiger partial charge is 0.407 e. The number of nitrogens with one attached hydrogen (secondary N) is 3. The Balaban J connectivity index is 1.77. The standard InChI is InChI=1S/C24H30ClN3O4/c1-24(2,3)32-23(31)26-15-14-21(29)27-16-18-6-4-5-7-20(18)28-22(30)13-10-17-8-11-19(25)12-9-17/h4-9,11-12H,10,13-16H2,1-3H3,(H,26,31)(H,27,29)(H,28,30). The Hall–Kier alpha value is -3.06. The van der Waals surface area contributed by atoms with Gasteiger partial charge in [-0.1, -0.05) is 41.9 Å². The summed E-state index contributed by atoms with van der Waals surface area (Å²) in [6.45, 7) is 5.75. The van der Waals surface area contributed by atoms with Crippen molar-refractivity contribution >= 4 is 35.2 Å². The molecule has 3 N–H and O–H groups in total. The van der Waals surface area contributed by atoms with Crippen LogP contribution in [0.15, 0.2) is 48.5 Å². The first-order valence-corrected chi connectivity index (χ1v) is 10.9. The molecule has 0 fully saturated rings. The summed E-state index contributed by atoms with van der Waals surface area (Å²) in [5, 5.41) is 8.92. The molecule has 0 saturated heterocycles. The van der Waals surface area contributed by atoms with Crippen molar-refractivity contribution in [2.24, 2.45) is 0 Å². The van der Waals surface area contributed by atoms with Crippen LogP contribution in [0.5, 0.6) is 0 Å². The molecule has 0 radical (unpaired) electrons. The molecule has 8 heteroatoms. The van der Waals surface area contributed by atoms with E-state index in [1.807, 2.05) is 30.3 Å². The van der Waals surface area contributed by atoms with Gasteiger partial charge in [0.05, 0.1) is 0 Å². The highest BCUT2D eigenvalue weighted by Gasteiger charge is 2.16. The molecule has 172 valence electrons. The summed E-state index contributed by atoms with van der Waals surface area (Å²) in [6.07, 6.45) is 0.497. The van der Waals surface area contributed by atoms with Gasteiger partial charge in [-0.25, -0.2) is 4.79 Å². The predicted molar refractivity (Wildman–Crippen MR) is 126 cm³/mol. The molecule has 2 rings (SSSR count). The lowest BCUT2D eigenvalue weighted by Crippen LogP contribution is -2.35. The molecule has 32 heavy (non-hydrogen) atoms. The minimum absolute atomic E-state index is 0.111. The van der Waals surface area contributed by atoms with Crippen LogP contribution < -0.4 is 16.0 Å². The van der Waals surface area contributed by atoms with E-state index in [0.717, 1.165) is 11.1 Å². The lowest BCUT2D eigenvalue weighted by molar-refractivity contribution is -0.121. The van der Waals surface area contributed by atoms with E-state index >= 15 is 0 Å². The number of para-hydroxylation sites is 1. The van der Waals surface area contributed by atoms with Crippen LogP contribution in [0.2, 0.25) is 5.02 Å². The van der Waals surface area contributed by atoms with Crippen molar-refractivity contribution in [2.45, 2.75) is 52.2 Å². The summed E-state index contributed by atoms with van der Waals surface area (Å²) in [7, 11) is 0. The number of amides is 3. The zero-order valence-corrected chi connectivity index (χ0v) is 19.4. The van der Waals surface area contributed by atoms with Crippen molar-refractivity contribution in [3.05, 3.63) is 64.7 Å². The number of hydrogen-bond donors (Lipinski definition) is 3. The first-order valence-electron chi connectivity index (χ1n) is 10.5. The first kappa shape index (κ1) is 25.2. The van der Waals surface area contributed by atoms with E-state index in [-0.39, 0.29) is 31.3 Å². The van der Waals surface area contributed by atoms with E-state index in [0.29, 0.717) is 23.6 Å². The average molecular weight is 460 g/mol. The fourth-order valence-electron chi connectivity index (χ4n) is 2.79. The van der Waals surface area contributed by atoms with E-state index in [1.165, 1.54) is 0 Å². The number of anilines is 1. The fourth-order valence-corrected chi connectivity index (χ4v) is 2.92. The molecule has 0 aliphatic heterocycles. The van der Waals surface area contributed by atoms with Gasteiger partial charge in [-0.15, -0.1) is 0 Å². The van der Waals surface area contributed by atoms with Crippen LogP contribution in [0.3, 0.4) is 0 Å². The van der Waals surface area contributed by atoms with Gasteiger partial charge in [0, 0.05) is 36.6 Å². The average Bonchev–Trinajstić information content (AvgIpc) is 2.71. The maximum atomic E-state index is 12.4. The number of rotatable bonds is 9. The van der Waals surface area contributed by atoms with E-state index in [4.69, 9.17) is 16.3 Å². The van der Waals surface area contributed by atoms with E-state index < -0.39 is 11.7 Å². The summed E-state index contributed by atoms with van der Waals surface area (Å²) < 4.78 is 5.13. The third-order valence-electron chi connectivity index (χ3n) is 4.34. The summed E-state index contributed by atoms with van der Waals surface area (Å²) in [5.74, 6) is -0.329. The normalized spacial score (nSPS) is 10.9. The summed E-state index contributed by atoms with van der Waals surface area (Å²) >= 11 is 5.88. The lowest BCUT2D eigenvalue weighted by atomic mass is 10.1. The van der Waals surface area contributed by atoms with Crippen molar-refractivity contribution in [1.29, 1.82) is 0 Å². The topological polar surface area (TPSA) is 96.5 Å². The molecule has 0 unspecified atom stereocenters. The zero-order chi connectivity index (χ0) is 23.6. The molecule has 3 amide bonds. The van der Waals surface area contributed by atoms with Gasteiger partial charge >= 0.3 is 6.09 Å². The van der Waals surface area contributed by atoms with Crippen LogP contribution in [0.1, 0.15) is 44.7 Å². The number of alkyl carbamates (subject to hydrolysis) is 1. The van der Waals surface area contributed by atoms with Gasteiger partial charge < -0.3 is 20.7 Å². The predicted octanol–water partition coefficient (Wildman–Crippen LogP) is 4.44. The number of carbonyl (C=O) groups excluding carboxylic acids is 3. The monoisotopic (exact) mass is 459 g/mol. The van der Waals surface area contributed by atoms with Crippen LogP contribution in [0.4, 0.5) is 10.5 Å². The Kier molecular flexibility index (Phi) is 9.53. The number of halogens is 1. The number of hydrogen-bond acceptors (Lipinski definition) is 4. The third kappa shape index (κ3) is 9.83. The third-order valence-corrected chi connectivity index (χ3v) is 4.59. The molecule has 2 aromatic carbocycles. The molecule has 0 aromatic heterocycles. The summed E-state index contributed by atoms with van der Waals surface area (Å²) in [4.78, 5) is 36.1. The van der Waals surface area contributed by atoms with Crippen LogP contribution >= 0.6 is 11.6 Å². The van der Waals surface area contributed by atoms with Gasteiger partial charge in [-0.2, -0.15) is 0 Å². The SMILES string of the molecule is CC(C)(C)OC(=O)NCCC(=O)NCc1ccccc1NC(=O)CCc1ccc(Cl)cc1. The van der Waals surface area contributed by atoms with Gasteiger partial charge in [0.15, 0.2) is 0 Å². The highest BCUT2D eigenvalue weighted by atomic mass is 35.5. The minimum Gasteiger partial charge on any atom is -0.444 e. The Morgan fingerprint density at radius 3 is 2.28 bits per heavy atom. The Bertz CT molecular complexity index is 924. The largest absolute Gasteiger partial charge is 0.444 e. The second-order valence-electron chi connectivity index (χ2n) is 8.29. The van der Waals surface area contributed by atoms with Crippen molar-refractivity contribution in [3.63, 3.8) is 0 Å². The summed E-state index contributed by atoms with van der Waals surface area (Å²) in [5.41, 5.74) is 1.89. The molecule has 0 atom stereocenters. The van der Waals surface area contributed by atoms with Crippen molar-refractivity contribution in [3.8, 4) is 0 Å². The number of aryl methyl sites for hydroxylation is 1. The van der Waals surface area contributed by atoms with Crippen LogP contribution in [0.25, 0.3) is 0 Å². The molecule has 0 heterocycles. The van der Waals surface area contributed by atoms with Gasteiger partial charge in [-0.3, -0.25) is 9.59 Å². The van der Waals surface area contributed by atoms with Crippen LogP contribution in [0, 0.1) is 0 Å². The fraction of sp³-hybridized carbons (Fsp3) is 0.375. The van der Waals surface area contributed by atoms with Crippen LogP contribution in [-0.4, -0.2) is 30.1 Å². The van der Waals surface area contributed by atoms with Crippen molar-refractivity contribution in [1.82, 2.24) is 10.6 Å². The molecular weight excluding hydrogens is 430 g/mol. The van der Waals surface area contributed by atoms with Gasteiger partial charge in [0.1, 0.15) is 5.60 Å². The van der Waals surface area contributed by atoms with Crippen molar-refractivity contribution in [2.75, 3.05) is 11.9 Å². The maximum absolute atomic E-state index is 12.4. The number of carbonyl (C=O) groups is 3. The molecule has 0 spiro atoms. The van der Waals surface area contributed by atoms with E-state index in [1.54, 1.807) is 39.0 Å². The number of ether oxygens (including phenoxy) is 1. The summed E-state index contributed by atoms with van der Waals surface area (Å²) in [6, 6.07) is 14.7. The van der Waals surface area contributed by atoms with Gasteiger partial charge in [0.2, 0.25) is 11.8 Å². The Morgan fingerprint density at radius 1 is 0.906 bits per heavy atom.